The molecule has 1 N–H and O–H groups in total. The van der Waals surface area contributed by atoms with Crippen LogP contribution in [0, 0.1) is 56.2 Å². The lowest BCUT2D eigenvalue weighted by Gasteiger charge is -2.72. The second-order valence-electron chi connectivity index (χ2n) is 26.7. The van der Waals surface area contributed by atoms with E-state index in [4.69, 9.17) is 4.74 Å². The van der Waals surface area contributed by atoms with Crippen molar-refractivity contribution < 1.29 is 14.6 Å². The normalized spacial score (nSPS) is 33.3. The van der Waals surface area contributed by atoms with Crippen molar-refractivity contribution in [3.8, 4) is 0 Å². The fraction of sp³-hybridized carbons (Fsp3) is 0.952. The molecule has 384 valence electrons. The zero-order valence-corrected chi connectivity index (χ0v) is 46.0. The van der Waals surface area contributed by atoms with E-state index in [-0.39, 0.29) is 39.1 Å². The average Bonchev–Trinajstić information content (AvgIpc) is 3.27. The van der Waals surface area contributed by atoms with Crippen molar-refractivity contribution in [1.82, 2.24) is 0 Å². The molecular formula is C63H114O3. The molecule has 4 saturated carbocycles. The molecule has 0 heterocycles. The quantitative estimate of drug-likeness (QED) is 0.0415. The first-order chi connectivity index (χ1) is 31.6. The van der Waals surface area contributed by atoms with E-state index in [1.54, 1.807) is 5.57 Å². The summed E-state index contributed by atoms with van der Waals surface area (Å²) in [5, 5.41) is 11.1. The summed E-state index contributed by atoms with van der Waals surface area (Å²) < 4.78 is 6.47. The van der Waals surface area contributed by atoms with E-state index in [1.807, 2.05) is 0 Å². The van der Waals surface area contributed by atoms with Crippen LogP contribution in [0.1, 0.15) is 313 Å². The van der Waals surface area contributed by atoms with Crippen molar-refractivity contribution in [2.45, 2.75) is 319 Å². The number of aliphatic hydroxyl groups excluding tert-OH is 1. The molecule has 66 heavy (non-hydrogen) atoms. The molecule has 5 aliphatic rings. The van der Waals surface area contributed by atoms with E-state index in [0.717, 1.165) is 19.3 Å². The molecule has 5 rings (SSSR count). The first-order valence-corrected chi connectivity index (χ1v) is 30.1. The molecule has 0 aliphatic heterocycles. The van der Waals surface area contributed by atoms with Gasteiger partial charge in [0.1, 0.15) is 6.10 Å². The van der Waals surface area contributed by atoms with Crippen LogP contribution in [-0.4, -0.2) is 23.8 Å². The molecule has 0 radical (unpaired) electrons. The fourth-order valence-corrected chi connectivity index (χ4v) is 16.7. The predicted molar refractivity (Wildman–Crippen MR) is 285 cm³/mol. The molecule has 5 aliphatic carbocycles. The van der Waals surface area contributed by atoms with Crippen LogP contribution in [0.4, 0.5) is 0 Å². The van der Waals surface area contributed by atoms with Crippen LogP contribution in [0.25, 0.3) is 0 Å². The number of rotatable bonds is 32. The number of hydrogen-bond acceptors (Lipinski definition) is 3. The Kier molecular flexibility index (Phi) is 22.6. The van der Waals surface area contributed by atoms with Crippen LogP contribution in [-0.2, 0) is 9.53 Å². The molecule has 0 saturated heterocycles. The third-order valence-corrected chi connectivity index (χ3v) is 21.3. The molecule has 0 bridgehead atoms. The van der Waals surface area contributed by atoms with Crippen molar-refractivity contribution in [2.24, 2.45) is 56.2 Å². The number of carbonyl (C=O) groups is 1. The molecule has 0 aromatic carbocycles. The molecule has 0 amide bonds. The van der Waals surface area contributed by atoms with Gasteiger partial charge in [-0.1, -0.05) is 254 Å². The zero-order chi connectivity index (χ0) is 47.7. The van der Waals surface area contributed by atoms with Gasteiger partial charge in [-0.15, -0.1) is 0 Å². The minimum absolute atomic E-state index is 0.0145. The van der Waals surface area contributed by atoms with Crippen LogP contribution in [0.15, 0.2) is 11.6 Å². The Hall–Kier alpha value is -0.830. The lowest BCUT2D eigenvalue weighted by molar-refractivity contribution is -0.217. The van der Waals surface area contributed by atoms with Crippen LogP contribution in [0.2, 0.25) is 0 Å². The van der Waals surface area contributed by atoms with Gasteiger partial charge >= 0.3 is 5.97 Å². The highest BCUT2D eigenvalue weighted by Crippen LogP contribution is 2.76. The standard InChI is InChI=1S/C63H114O3/c1-10-11-12-13-14-15-16-17-18-19-20-21-22-23-24-25-26-27-28-29-30-31-32-33-34-35-36-37-38-39-57(65)66-56-43-44-60(7)54(59(56,5)6)42-45-61(8)55(60)41-40-52-53-49-58(3,4)46-47-63(53,50-64)51(2)48-62(52,61)9/h40,51,53-56,64H,10-39,41-50H2,1-9H3. The zero-order valence-electron chi connectivity index (χ0n) is 46.0. The van der Waals surface area contributed by atoms with Gasteiger partial charge in [0.05, 0.1) is 0 Å². The third-order valence-electron chi connectivity index (χ3n) is 21.3. The molecule has 9 unspecified atom stereocenters. The van der Waals surface area contributed by atoms with Crippen molar-refractivity contribution in [1.29, 1.82) is 0 Å². The summed E-state index contributed by atoms with van der Waals surface area (Å²) >= 11 is 0. The summed E-state index contributed by atoms with van der Waals surface area (Å²) in [4.78, 5) is 13.4. The summed E-state index contributed by atoms with van der Waals surface area (Å²) in [6, 6.07) is 0. The molecule has 0 aromatic rings. The second kappa shape index (κ2) is 26.6. The third kappa shape index (κ3) is 14.0. The minimum atomic E-state index is -0.0145. The Morgan fingerprint density at radius 1 is 0.576 bits per heavy atom. The summed E-state index contributed by atoms with van der Waals surface area (Å²) in [5.41, 5.74) is 2.79. The number of unbranched alkanes of at least 4 members (excludes halogenated alkanes) is 28. The Morgan fingerprint density at radius 3 is 1.48 bits per heavy atom. The summed E-state index contributed by atoms with van der Waals surface area (Å²) in [6.07, 6.45) is 55.0. The molecule has 9 atom stereocenters. The summed E-state index contributed by atoms with van der Waals surface area (Å²) in [6.45, 7) is 23.0. The van der Waals surface area contributed by atoms with E-state index < -0.39 is 0 Å². The Balaban J connectivity index is 0.870. The van der Waals surface area contributed by atoms with Gasteiger partial charge in [-0.3, -0.25) is 4.79 Å². The first kappa shape index (κ1) is 56.1. The summed E-state index contributed by atoms with van der Waals surface area (Å²) in [5.74, 6) is 2.31. The number of fused-ring (bicyclic) bond motifs is 7. The van der Waals surface area contributed by atoms with Gasteiger partial charge in [-0.2, -0.15) is 0 Å². The first-order valence-electron chi connectivity index (χ1n) is 30.1. The van der Waals surface area contributed by atoms with Crippen molar-refractivity contribution >= 4 is 5.97 Å². The highest BCUT2D eigenvalue weighted by Gasteiger charge is 2.69. The molecule has 4 fully saturated rings. The largest absolute Gasteiger partial charge is 0.462 e. The van der Waals surface area contributed by atoms with Crippen molar-refractivity contribution in [3.63, 3.8) is 0 Å². The lowest BCUT2D eigenvalue weighted by atomic mass is 9.32. The van der Waals surface area contributed by atoms with Gasteiger partial charge in [0, 0.05) is 23.9 Å². The van der Waals surface area contributed by atoms with Gasteiger partial charge < -0.3 is 9.84 Å². The second-order valence-corrected chi connectivity index (χ2v) is 26.7. The van der Waals surface area contributed by atoms with Gasteiger partial charge in [0.25, 0.3) is 0 Å². The topological polar surface area (TPSA) is 46.5 Å². The maximum absolute atomic E-state index is 13.4. The molecule has 0 spiro atoms. The number of carbonyl (C=O) groups excluding carboxylic acids is 1. The lowest BCUT2D eigenvalue weighted by Crippen LogP contribution is -2.66. The van der Waals surface area contributed by atoms with E-state index in [0.29, 0.717) is 42.1 Å². The number of aliphatic hydroxyl groups is 1. The number of esters is 1. The smallest absolute Gasteiger partial charge is 0.306 e. The van der Waals surface area contributed by atoms with Crippen LogP contribution < -0.4 is 0 Å². The van der Waals surface area contributed by atoms with Gasteiger partial charge in [0.15, 0.2) is 0 Å². The van der Waals surface area contributed by atoms with E-state index in [9.17, 15) is 9.90 Å². The molecule has 3 nitrogen and oxygen atoms in total. The minimum Gasteiger partial charge on any atom is -0.462 e. The highest BCUT2D eigenvalue weighted by molar-refractivity contribution is 5.69. The number of allylic oxidation sites excluding steroid dienone is 2. The van der Waals surface area contributed by atoms with Crippen molar-refractivity contribution in [2.75, 3.05) is 6.61 Å². The Labute approximate surface area is 412 Å². The van der Waals surface area contributed by atoms with Gasteiger partial charge in [-0.05, 0) is 110 Å². The Morgan fingerprint density at radius 2 is 1.03 bits per heavy atom. The average molecular weight is 920 g/mol. The van der Waals surface area contributed by atoms with E-state index >= 15 is 0 Å². The van der Waals surface area contributed by atoms with Crippen LogP contribution >= 0.6 is 0 Å². The van der Waals surface area contributed by atoms with Crippen LogP contribution in [0.5, 0.6) is 0 Å². The predicted octanol–water partition coefficient (Wildman–Crippen LogP) is 19.7. The molecule has 3 heteroatoms. The number of hydrogen-bond donors (Lipinski definition) is 1. The molecular weight excluding hydrogens is 805 g/mol. The van der Waals surface area contributed by atoms with Crippen LogP contribution in [0.3, 0.4) is 0 Å². The fourth-order valence-electron chi connectivity index (χ4n) is 16.7. The van der Waals surface area contributed by atoms with Crippen molar-refractivity contribution in [3.05, 3.63) is 11.6 Å². The SMILES string of the molecule is CCCCCCCCCCCCCCCCCCCCCCCCCCCCCCCC(=O)OC1CCC2(C)C(CCC3(C)C2CC=C2C4CC(C)(C)CCC4(CO)C(C)CC23C)C1(C)C. The maximum atomic E-state index is 13.4. The summed E-state index contributed by atoms with van der Waals surface area (Å²) in [7, 11) is 0. The van der Waals surface area contributed by atoms with Gasteiger partial charge in [-0.25, -0.2) is 0 Å². The number of ether oxygens (including phenoxy) is 1. The molecule has 0 aromatic heterocycles. The van der Waals surface area contributed by atoms with E-state index in [1.165, 1.54) is 225 Å². The maximum Gasteiger partial charge on any atom is 0.306 e. The Bertz CT molecular complexity index is 1430. The monoisotopic (exact) mass is 919 g/mol. The van der Waals surface area contributed by atoms with Gasteiger partial charge in [0.2, 0.25) is 0 Å². The van der Waals surface area contributed by atoms with E-state index in [2.05, 4.69) is 68.4 Å². The highest BCUT2D eigenvalue weighted by atomic mass is 16.5.